The third-order valence-electron chi connectivity index (χ3n) is 6.73. The zero-order chi connectivity index (χ0) is 23.9. The summed E-state index contributed by atoms with van der Waals surface area (Å²) in [7, 11) is 2.17. The SMILES string of the molecule is CCCCCCCCCC(=O)OC(C)[N+]1(C)CCC=C(c2nsnc2OCCCCCC)C1.[I-]. The third-order valence-corrected chi connectivity index (χ3v) is 7.24. The van der Waals surface area contributed by atoms with Gasteiger partial charge in [-0.2, -0.15) is 4.37 Å². The molecule has 2 atom stereocenters. The molecule has 1 aromatic rings. The number of likely N-dealkylation sites (N-methyl/N-ethyl adjacent to an activating group) is 1. The van der Waals surface area contributed by atoms with Crippen LogP contribution in [0, 0.1) is 0 Å². The Balaban J connectivity index is 0.00000578. The van der Waals surface area contributed by atoms with Crippen LogP contribution in [0.1, 0.15) is 110 Å². The average molecular weight is 608 g/mol. The molecular weight excluding hydrogens is 561 g/mol. The Morgan fingerprint density at radius 2 is 1.68 bits per heavy atom. The first kappa shape index (κ1) is 31.3. The van der Waals surface area contributed by atoms with Crippen molar-refractivity contribution in [1.29, 1.82) is 0 Å². The first-order valence-corrected chi connectivity index (χ1v) is 13.9. The van der Waals surface area contributed by atoms with Gasteiger partial charge in [-0.05, 0) is 12.8 Å². The smallest absolute Gasteiger partial charge is 0.310 e. The van der Waals surface area contributed by atoms with Crippen molar-refractivity contribution in [3.8, 4) is 5.88 Å². The number of carbonyl (C=O) groups excluding carboxylic acids is 1. The minimum atomic E-state index is -0.184. The van der Waals surface area contributed by atoms with Crippen molar-refractivity contribution < 1.29 is 42.7 Å². The van der Waals surface area contributed by atoms with Crippen molar-refractivity contribution in [3.63, 3.8) is 0 Å². The van der Waals surface area contributed by atoms with Gasteiger partial charge in [0.25, 0.3) is 5.88 Å². The van der Waals surface area contributed by atoms with Crippen LogP contribution in [-0.2, 0) is 9.53 Å². The van der Waals surface area contributed by atoms with Gasteiger partial charge in [-0.25, -0.2) is 0 Å². The van der Waals surface area contributed by atoms with Crippen molar-refractivity contribution in [2.24, 2.45) is 0 Å². The van der Waals surface area contributed by atoms with Crippen molar-refractivity contribution >= 4 is 23.3 Å². The van der Waals surface area contributed by atoms with Gasteiger partial charge in [0.15, 0.2) is 0 Å². The fourth-order valence-corrected chi connectivity index (χ4v) is 4.85. The van der Waals surface area contributed by atoms with E-state index in [-0.39, 0.29) is 36.2 Å². The van der Waals surface area contributed by atoms with Crippen molar-refractivity contribution in [2.45, 2.75) is 110 Å². The number of halogens is 1. The van der Waals surface area contributed by atoms with Crippen LogP contribution >= 0.6 is 11.7 Å². The van der Waals surface area contributed by atoms with Crippen LogP contribution in [-0.4, -0.2) is 52.2 Å². The monoisotopic (exact) mass is 607 g/mol. The van der Waals surface area contributed by atoms with Gasteiger partial charge in [0, 0.05) is 25.3 Å². The molecule has 8 heteroatoms. The highest BCUT2D eigenvalue weighted by Crippen LogP contribution is 2.31. The van der Waals surface area contributed by atoms with Crippen LogP contribution in [0.5, 0.6) is 5.88 Å². The summed E-state index contributed by atoms with van der Waals surface area (Å²) >= 11 is 1.21. The second kappa shape index (κ2) is 17.7. The topological polar surface area (TPSA) is 61.3 Å². The molecule has 6 nitrogen and oxygen atoms in total. The molecule has 0 aromatic carbocycles. The Hall–Kier alpha value is -0.740. The summed E-state index contributed by atoms with van der Waals surface area (Å²) in [6.45, 7) is 8.86. The highest BCUT2D eigenvalue weighted by atomic mass is 127. The molecule has 0 fully saturated rings. The van der Waals surface area contributed by atoms with Gasteiger partial charge >= 0.3 is 5.97 Å². The lowest BCUT2D eigenvalue weighted by Gasteiger charge is -2.41. The summed E-state index contributed by atoms with van der Waals surface area (Å²) in [5.74, 6) is 0.581. The zero-order valence-corrected chi connectivity index (χ0v) is 24.8. The van der Waals surface area contributed by atoms with Gasteiger partial charge in [0.2, 0.25) is 6.23 Å². The van der Waals surface area contributed by atoms with E-state index in [9.17, 15) is 4.79 Å². The van der Waals surface area contributed by atoms with Crippen LogP contribution in [0.15, 0.2) is 6.08 Å². The quantitative estimate of drug-likeness (QED) is 0.117. The summed E-state index contributed by atoms with van der Waals surface area (Å²) < 4.78 is 21.4. The number of nitrogens with zero attached hydrogens (tertiary/aromatic N) is 3. The number of hydrogen-bond acceptors (Lipinski definition) is 6. The molecule has 2 rings (SSSR count). The van der Waals surface area contributed by atoms with Gasteiger partial charge in [0.05, 0.1) is 31.9 Å². The molecule has 0 radical (unpaired) electrons. The summed E-state index contributed by atoms with van der Waals surface area (Å²) in [4.78, 5) is 12.4. The molecule has 1 aliphatic rings. The van der Waals surface area contributed by atoms with E-state index in [0.29, 0.717) is 23.4 Å². The number of rotatable bonds is 17. The maximum absolute atomic E-state index is 12.4. The van der Waals surface area contributed by atoms with E-state index in [4.69, 9.17) is 9.47 Å². The van der Waals surface area contributed by atoms with E-state index in [1.165, 1.54) is 63.1 Å². The predicted molar refractivity (Wildman–Crippen MR) is 136 cm³/mol. The number of hydrogen-bond donors (Lipinski definition) is 0. The average Bonchev–Trinajstić information content (AvgIpc) is 3.27. The molecule has 196 valence electrons. The maximum atomic E-state index is 12.4. The molecule has 2 heterocycles. The summed E-state index contributed by atoms with van der Waals surface area (Å²) in [6.07, 6.45) is 16.6. The lowest BCUT2D eigenvalue weighted by atomic mass is 10.0. The molecule has 0 spiro atoms. The Kier molecular flexibility index (Phi) is 16.2. The molecular formula is C26H46IN3O3S. The molecule has 1 aliphatic heterocycles. The van der Waals surface area contributed by atoms with E-state index >= 15 is 0 Å². The second-order valence-electron chi connectivity index (χ2n) is 9.67. The summed E-state index contributed by atoms with van der Waals surface area (Å²) in [5.41, 5.74) is 2.01. The van der Waals surface area contributed by atoms with Crippen LogP contribution in [0.25, 0.3) is 5.57 Å². The summed E-state index contributed by atoms with van der Waals surface area (Å²) in [5, 5.41) is 0. The minimum Gasteiger partial charge on any atom is -1.00 e. The number of quaternary nitrogens is 1. The number of carbonyl (C=O) groups is 1. The Morgan fingerprint density at radius 1 is 1.03 bits per heavy atom. The van der Waals surface area contributed by atoms with E-state index in [1.807, 2.05) is 6.92 Å². The Morgan fingerprint density at radius 3 is 2.38 bits per heavy atom. The van der Waals surface area contributed by atoms with Crippen molar-refractivity contribution in [1.82, 2.24) is 8.75 Å². The van der Waals surface area contributed by atoms with E-state index in [2.05, 4.69) is 35.7 Å². The fourth-order valence-electron chi connectivity index (χ4n) is 4.32. The molecule has 0 aliphatic carbocycles. The number of aromatic nitrogens is 2. The normalized spacial score (nSPS) is 18.6. The zero-order valence-electron chi connectivity index (χ0n) is 21.8. The largest absolute Gasteiger partial charge is 1.00 e. The van der Waals surface area contributed by atoms with Crippen LogP contribution in [0.3, 0.4) is 0 Å². The highest BCUT2D eigenvalue weighted by molar-refractivity contribution is 6.99. The molecule has 0 saturated heterocycles. The van der Waals surface area contributed by atoms with Crippen molar-refractivity contribution in [2.75, 3.05) is 26.7 Å². The van der Waals surface area contributed by atoms with Crippen LogP contribution < -0.4 is 28.7 Å². The minimum absolute atomic E-state index is 0. The standard InChI is InChI=1S/C26H46N3O3S.HI/c1-5-7-9-11-12-13-14-18-24(30)32-22(3)29(4)19-16-17-23(21-29)25-26(28-33-27-25)31-20-15-10-8-6-2;/h17,22H,5-16,18-21H2,1-4H3;1H/q+1;/p-1. The Bertz CT molecular complexity index is 728. The van der Waals surface area contributed by atoms with Gasteiger partial charge < -0.3 is 33.5 Å². The molecule has 2 unspecified atom stereocenters. The first-order chi connectivity index (χ1) is 16.0. The predicted octanol–water partition coefficient (Wildman–Crippen LogP) is 3.76. The van der Waals surface area contributed by atoms with Gasteiger partial charge in [-0.15, -0.1) is 4.37 Å². The lowest BCUT2D eigenvalue weighted by Crippen LogP contribution is -3.00. The van der Waals surface area contributed by atoms with Gasteiger partial charge in [-0.3, -0.25) is 9.28 Å². The molecule has 0 amide bonds. The van der Waals surface area contributed by atoms with Gasteiger partial charge in [0.1, 0.15) is 12.2 Å². The molecule has 0 bridgehead atoms. The molecule has 0 saturated carbocycles. The summed E-state index contributed by atoms with van der Waals surface area (Å²) in [6, 6.07) is 0. The van der Waals surface area contributed by atoms with Crippen LogP contribution in [0.4, 0.5) is 0 Å². The number of ether oxygens (including phenoxy) is 2. The first-order valence-electron chi connectivity index (χ1n) is 13.2. The number of esters is 1. The number of unbranched alkanes of at least 4 members (excludes halogenated alkanes) is 9. The third kappa shape index (κ3) is 10.9. The van der Waals surface area contributed by atoms with E-state index < -0.39 is 0 Å². The molecule has 0 N–H and O–H groups in total. The second-order valence-corrected chi connectivity index (χ2v) is 10.2. The highest BCUT2D eigenvalue weighted by Gasteiger charge is 2.36. The van der Waals surface area contributed by atoms with Gasteiger partial charge in [-0.1, -0.05) is 77.7 Å². The molecule has 34 heavy (non-hydrogen) atoms. The van der Waals surface area contributed by atoms with E-state index in [1.54, 1.807) is 0 Å². The lowest BCUT2D eigenvalue weighted by molar-refractivity contribution is -0.944. The molecule has 1 aromatic heterocycles. The van der Waals surface area contributed by atoms with E-state index in [0.717, 1.165) is 50.0 Å². The maximum Gasteiger partial charge on any atom is 0.310 e. The fraction of sp³-hybridized carbons (Fsp3) is 0.808. The van der Waals surface area contributed by atoms with Crippen molar-refractivity contribution in [3.05, 3.63) is 11.8 Å². The Labute approximate surface area is 228 Å². The van der Waals surface area contributed by atoms with Crippen LogP contribution in [0.2, 0.25) is 0 Å².